The molecule has 0 aliphatic carbocycles. The summed E-state index contributed by atoms with van der Waals surface area (Å²) in [5.74, 6) is 0.663. The molecular formula is C14H20N2O. The molecule has 1 atom stereocenters. The molecule has 1 unspecified atom stereocenters. The lowest BCUT2D eigenvalue weighted by molar-refractivity contribution is 0.0701. The number of amides is 1. The molecule has 1 heterocycles. The third kappa shape index (κ3) is 2.43. The van der Waals surface area contributed by atoms with E-state index >= 15 is 0 Å². The van der Waals surface area contributed by atoms with Crippen LogP contribution in [0.3, 0.4) is 0 Å². The number of nitrogens with zero attached hydrogens (tertiary/aromatic N) is 1. The summed E-state index contributed by atoms with van der Waals surface area (Å²) in [5.41, 5.74) is 7.07. The predicted molar refractivity (Wildman–Crippen MR) is 69.8 cm³/mol. The van der Waals surface area contributed by atoms with Gasteiger partial charge in [0.05, 0.1) is 0 Å². The quantitative estimate of drug-likeness (QED) is 0.796. The zero-order valence-electron chi connectivity index (χ0n) is 10.5. The number of hydrogen-bond acceptors (Lipinski definition) is 2. The van der Waals surface area contributed by atoms with Crippen LogP contribution in [0.5, 0.6) is 0 Å². The van der Waals surface area contributed by atoms with Crippen LogP contribution in [0.25, 0.3) is 0 Å². The van der Waals surface area contributed by atoms with E-state index in [9.17, 15) is 4.79 Å². The van der Waals surface area contributed by atoms with Crippen molar-refractivity contribution in [2.75, 3.05) is 12.3 Å². The standard InChI is InChI=1S/C14H20N2O/c1-10(2)13-4-3-9-16(13)14(17)11-5-7-12(15)8-6-11/h5-8,10,13H,3-4,9,15H2,1-2H3. The number of nitrogens with two attached hydrogens (primary N) is 1. The lowest BCUT2D eigenvalue weighted by atomic mass is 10.0. The van der Waals surface area contributed by atoms with Gasteiger partial charge in [-0.05, 0) is 43.0 Å². The number of anilines is 1. The summed E-state index contributed by atoms with van der Waals surface area (Å²) in [4.78, 5) is 14.4. The molecule has 1 aliphatic rings. The molecule has 2 rings (SSSR count). The van der Waals surface area contributed by atoms with Gasteiger partial charge in [-0.3, -0.25) is 4.79 Å². The van der Waals surface area contributed by atoms with Crippen molar-refractivity contribution < 1.29 is 4.79 Å². The summed E-state index contributed by atoms with van der Waals surface area (Å²) in [5, 5.41) is 0. The van der Waals surface area contributed by atoms with E-state index in [1.807, 2.05) is 17.0 Å². The van der Waals surface area contributed by atoms with Gasteiger partial charge in [-0.2, -0.15) is 0 Å². The fourth-order valence-corrected chi connectivity index (χ4v) is 2.53. The van der Waals surface area contributed by atoms with Crippen molar-refractivity contribution in [1.82, 2.24) is 4.90 Å². The van der Waals surface area contributed by atoms with Crippen LogP contribution in [0.1, 0.15) is 37.0 Å². The summed E-state index contributed by atoms with van der Waals surface area (Å²) in [6.45, 7) is 5.24. The van der Waals surface area contributed by atoms with E-state index in [4.69, 9.17) is 5.73 Å². The van der Waals surface area contributed by atoms with Crippen molar-refractivity contribution in [3.63, 3.8) is 0 Å². The highest BCUT2D eigenvalue weighted by Gasteiger charge is 2.31. The molecule has 3 heteroatoms. The molecule has 0 radical (unpaired) electrons. The number of hydrogen-bond donors (Lipinski definition) is 1. The van der Waals surface area contributed by atoms with E-state index in [2.05, 4.69) is 13.8 Å². The van der Waals surface area contributed by atoms with Crippen LogP contribution in [-0.2, 0) is 0 Å². The van der Waals surface area contributed by atoms with E-state index in [0.717, 1.165) is 24.9 Å². The second-order valence-electron chi connectivity index (χ2n) is 5.07. The van der Waals surface area contributed by atoms with Crippen molar-refractivity contribution in [1.29, 1.82) is 0 Å². The Labute approximate surface area is 103 Å². The zero-order valence-corrected chi connectivity index (χ0v) is 10.5. The van der Waals surface area contributed by atoms with Crippen LogP contribution in [0, 0.1) is 5.92 Å². The maximum absolute atomic E-state index is 12.4. The van der Waals surface area contributed by atoms with Crippen molar-refractivity contribution in [3.05, 3.63) is 29.8 Å². The normalized spacial score (nSPS) is 19.9. The van der Waals surface area contributed by atoms with Crippen LogP contribution >= 0.6 is 0 Å². The van der Waals surface area contributed by atoms with Crippen molar-refractivity contribution in [2.45, 2.75) is 32.7 Å². The van der Waals surface area contributed by atoms with E-state index in [1.54, 1.807) is 12.1 Å². The Kier molecular flexibility index (Phi) is 3.36. The molecule has 3 nitrogen and oxygen atoms in total. The molecule has 92 valence electrons. The molecule has 0 saturated carbocycles. The number of rotatable bonds is 2. The largest absolute Gasteiger partial charge is 0.399 e. The highest BCUT2D eigenvalue weighted by molar-refractivity contribution is 5.94. The molecule has 1 fully saturated rings. The topological polar surface area (TPSA) is 46.3 Å². The Morgan fingerprint density at radius 1 is 1.35 bits per heavy atom. The van der Waals surface area contributed by atoms with Crippen LogP contribution in [0.2, 0.25) is 0 Å². The Hall–Kier alpha value is -1.51. The Morgan fingerprint density at radius 2 is 2.00 bits per heavy atom. The molecule has 1 aliphatic heterocycles. The molecule has 0 aromatic heterocycles. The van der Waals surface area contributed by atoms with Crippen LogP contribution in [0.4, 0.5) is 5.69 Å². The van der Waals surface area contributed by atoms with Gasteiger partial charge in [0.15, 0.2) is 0 Å². The minimum absolute atomic E-state index is 0.140. The first kappa shape index (κ1) is 12.0. The van der Waals surface area contributed by atoms with Gasteiger partial charge in [0.25, 0.3) is 5.91 Å². The van der Waals surface area contributed by atoms with Gasteiger partial charge < -0.3 is 10.6 Å². The smallest absolute Gasteiger partial charge is 0.254 e. The van der Waals surface area contributed by atoms with Crippen LogP contribution in [0.15, 0.2) is 24.3 Å². The fourth-order valence-electron chi connectivity index (χ4n) is 2.53. The number of nitrogen functional groups attached to an aromatic ring is 1. The summed E-state index contributed by atoms with van der Waals surface area (Å²) >= 11 is 0. The van der Waals surface area contributed by atoms with Gasteiger partial charge in [-0.1, -0.05) is 13.8 Å². The fraction of sp³-hybridized carbons (Fsp3) is 0.500. The molecule has 2 N–H and O–H groups in total. The lowest BCUT2D eigenvalue weighted by Crippen LogP contribution is -2.38. The first-order valence-corrected chi connectivity index (χ1v) is 6.26. The van der Waals surface area contributed by atoms with Gasteiger partial charge in [0.2, 0.25) is 0 Å². The van der Waals surface area contributed by atoms with E-state index in [-0.39, 0.29) is 5.91 Å². The Balaban J connectivity index is 2.17. The molecule has 1 aromatic rings. The lowest BCUT2D eigenvalue weighted by Gasteiger charge is -2.27. The minimum Gasteiger partial charge on any atom is -0.399 e. The van der Waals surface area contributed by atoms with Crippen molar-refractivity contribution in [2.24, 2.45) is 5.92 Å². The molecule has 1 saturated heterocycles. The second kappa shape index (κ2) is 4.78. The van der Waals surface area contributed by atoms with Crippen LogP contribution < -0.4 is 5.73 Å². The highest BCUT2D eigenvalue weighted by Crippen LogP contribution is 2.25. The Morgan fingerprint density at radius 3 is 2.59 bits per heavy atom. The summed E-state index contributed by atoms with van der Waals surface area (Å²) in [6, 6.07) is 7.59. The first-order valence-electron chi connectivity index (χ1n) is 6.26. The molecule has 0 bridgehead atoms. The molecule has 1 aromatic carbocycles. The predicted octanol–water partition coefficient (Wildman–Crippen LogP) is 2.53. The SMILES string of the molecule is CC(C)C1CCCN1C(=O)c1ccc(N)cc1. The number of likely N-dealkylation sites (tertiary alicyclic amines) is 1. The van der Waals surface area contributed by atoms with Gasteiger partial charge in [0, 0.05) is 23.8 Å². The van der Waals surface area contributed by atoms with Gasteiger partial charge in [-0.15, -0.1) is 0 Å². The first-order chi connectivity index (χ1) is 8.09. The molecular weight excluding hydrogens is 212 g/mol. The highest BCUT2D eigenvalue weighted by atomic mass is 16.2. The van der Waals surface area contributed by atoms with Gasteiger partial charge in [-0.25, -0.2) is 0 Å². The average Bonchev–Trinajstić information content (AvgIpc) is 2.78. The van der Waals surface area contributed by atoms with Gasteiger partial charge >= 0.3 is 0 Å². The number of carbonyl (C=O) groups is 1. The zero-order chi connectivity index (χ0) is 12.4. The van der Waals surface area contributed by atoms with E-state index in [1.165, 1.54) is 0 Å². The average molecular weight is 232 g/mol. The second-order valence-corrected chi connectivity index (χ2v) is 5.07. The molecule has 0 spiro atoms. The third-order valence-corrected chi connectivity index (χ3v) is 3.49. The minimum atomic E-state index is 0.140. The Bertz CT molecular complexity index is 397. The summed E-state index contributed by atoms with van der Waals surface area (Å²) in [6.07, 6.45) is 2.24. The number of benzene rings is 1. The summed E-state index contributed by atoms with van der Waals surface area (Å²) < 4.78 is 0. The van der Waals surface area contributed by atoms with E-state index in [0.29, 0.717) is 17.6 Å². The summed E-state index contributed by atoms with van der Waals surface area (Å²) in [7, 11) is 0. The maximum atomic E-state index is 12.4. The maximum Gasteiger partial charge on any atom is 0.254 e. The van der Waals surface area contributed by atoms with Crippen LogP contribution in [-0.4, -0.2) is 23.4 Å². The molecule has 1 amide bonds. The molecule has 17 heavy (non-hydrogen) atoms. The number of carbonyl (C=O) groups excluding carboxylic acids is 1. The monoisotopic (exact) mass is 232 g/mol. The van der Waals surface area contributed by atoms with Crippen molar-refractivity contribution >= 4 is 11.6 Å². The third-order valence-electron chi connectivity index (χ3n) is 3.49. The van der Waals surface area contributed by atoms with Gasteiger partial charge in [0.1, 0.15) is 0 Å². The van der Waals surface area contributed by atoms with E-state index < -0.39 is 0 Å². The van der Waals surface area contributed by atoms with Crippen molar-refractivity contribution in [3.8, 4) is 0 Å².